The Bertz CT molecular complexity index is 1360. The predicted molar refractivity (Wildman–Crippen MR) is 112 cm³/mol. The number of para-hydroxylation sites is 1. The predicted octanol–water partition coefficient (Wildman–Crippen LogP) is 5.02. The first-order valence-corrected chi connectivity index (χ1v) is 9.18. The molecule has 1 heterocycles. The van der Waals surface area contributed by atoms with Crippen molar-refractivity contribution >= 4 is 22.6 Å². The Balaban J connectivity index is 1.60. The zero-order valence-corrected chi connectivity index (χ0v) is 16.2. The van der Waals surface area contributed by atoms with E-state index in [1.54, 1.807) is 12.1 Å². The summed E-state index contributed by atoms with van der Waals surface area (Å²) in [7, 11) is 0. The molecule has 0 bridgehead atoms. The fourth-order valence-corrected chi connectivity index (χ4v) is 2.93. The molecule has 0 aliphatic carbocycles. The minimum atomic E-state index is -0.895. The second kappa shape index (κ2) is 8.11. The maximum Gasteiger partial charge on any atom is 0.350 e. The van der Waals surface area contributed by atoms with Crippen LogP contribution in [0.3, 0.4) is 0 Å². The van der Waals surface area contributed by atoms with Crippen molar-refractivity contribution in [1.82, 2.24) is 0 Å². The molecular weight excluding hydrogens is 402 g/mol. The third-order valence-electron chi connectivity index (χ3n) is 4.49. The fraction of sp³-hybridized carbons (Fsp3) is 0.0435. The number of hydrogen-bond acceptors (Lipinski definition) is 7. The van der Waals surface area contributed by atoms with Crippen LogP contribution in [0.15, 0.2) is 82.2 Å². The van der Waals surface area contributed by atoms with E-state index in [1.165, 1.54) is 48.7 Å². The van der Waals surface area contributed by atoms with Gasteiger partial charge in [0, 0.05) is 12.1 Å². The Morgan fingerprint density at radius 3 is 2.45 bits per heavy atom. The molecule has 0 aliphatic rings. The highest BCUT2D eigenvalue weighted by molar-refractivity contribution is 5.95. The van der Waals surface area contributed by atoms with Crippen molar-refractivity contribution in [2.75, 3.05) is 0 Å². The number of ether oxygens (including phenoxy) is 2. The minimum Gasteiger partial charge on any atom is -0.460 e. The maximum absolute atomic E-state index is 12.7. The Hall–Kier alpha value is -4.46. The Kier molecular flexibility index (Phi) is 5.19. The number of hydrogen-bond donors (Lipinski definition) is 0. The number of rotatable bonds is 5. The van der Waals surface area contributed by atoms with Crippen molar-refractivity contribution in [2.45, 2.75) is 6.92 Å². The Morgan fingerprint density at radius 1 is 1.00 bits per heavy atom. The number of nitro groups is 1. The molecule has 0 saturated heterocycles. The topological polar surface area (TPSA) is 109 Å². The molecule has 0 atom stereocenters. The lowest BCUT2D eigenvalue weighted by atomic mass is 10.2. The second-order valence-electron chi connectivity index (χ2n) is 6.67. The second-order valence-corrected chi connectivity index (χ2v) is 6.67. The van der Waals surface area contributed by atoms with Gasteiger partial charge in [0.1, 0.15) is 28.9 Å². The summed E-state index contributed by atoms with van der Waals surface area (Å²) in [5, 5.41) is 11.3. The van der Waals surface area contributed by atoms with Crippen LogP contribution in [0.2, 0.25) is 0 Å². The number of nitrogens with zero attached hydrogens (tertiary/aromatic N) is 1. The average Bonchev–Trinajstić information content (AvgIpc) is 2.77. The molecule has 8 nitrogen and oxygen atoms in total. The zero-order valence-electron chi connectivity index (χ0n) is 16.2. The van der Waals surface area contributed by atoms with Gasteiger partial charge in [0.05, 0.1) is 10.3 Å². The quantitative estimate of drug-likeness (QED) is 0.194. The van der Waals surface area contributed by atoms with Gasteiger partial charge in [0.15, 0.2) is 0 Å². The minimum absolute atomic E-state index is 0.0148. The van der Waals surface area contributed by atoms with E-state index in [4.69, 9.17) is 13.9 Å². The molecule has 0 radical (unpaired) electrons. The van der Waals surface area contributed by atoms with Crippen LogP contribution in [-0.2, 0) is 0 Å². The van der Waals surface area contributed by atoms with Gasteiger partial charge in [-0.1, -0.05) is 29.8 Å². The first-order valence-electron chi connectivity index (χ1n) is 9.18. The normalized spacial score (nSPS) is 10.6. The van der Waals surface area contributed by atoms with E-state index >= 15 is 0 Å². The number of fused-ring (bicyclic) bond motifs is 1. The van der Waals surface area contributed by atoms with E-state index in [2.05, 4.69) is 0 Å². The highest BCUT2D eigenvalue weighted by Crippen LogP contribution is 2.26. The first kappa shape index (κ1) is 19.8. The summed E-state index contributed by atoms with van der Waals surface area (Å²) in [4.78, 5) is 35.5. The molecule has 0 amide bonds. The van der Waals surface area contributed by atoms with Crippen molar-refractivity contribution in [1.29, 1.82) is 0 Å². The van der Waals surface area contributed by atoms with E-state index < -0.39 is 16.3 Å². The number of nitro benzene ring substituents is 1. The van der Waals surface area contributed by atoms with Gasteiger partial charge in [-0.05, 0) is 37.3 Å². The number of esters is 1. The van der Waals surface area contributed by atoms with Crippen molar-refractivity contribution < 1.29 is 23.6 Å². The molecule has 0 spiro atoms. The van der Waals surface area contributed by atoms with Gasteiger partial charge in [-0.2, -0.15) is 0 Å². The highest BCUT2D eigenvalue weighted by Gasteiger charge is 2.21. The third-order valence-corrected chi connectivity index (χ3v) is 4.49. The molecule has 8 heteroatoms. The van der Waals surface area contributed by atoms with Crippen LogP contribution in [0.4, 0.5) is 5.69 Å². The molecule has 154 valence electrons. The summed E-state index contributed by atoms with van der Waals surface area (Å²) >= 11 is 0. The van der Waals surface area contributed by atoms with Crippen molar-refractivity contribution in [3.8, 4) is 17.2 Å². The van der Waals surface area contributed by atoms with Crippen LogP contribution in [0.25, 0.3) is 11.0 Å². The van der Waals surface area contributed by atoms with Crippen molar-refractivity contribution in [3.63, 3.8) is 0 Å². The molecule has 4 rings (SSSR count). The lowest BCUT2D eigenvalue weighted by molar-refractivity contribution is -0.385. The van der Waals surface area contributed by atoms with Crippen molar-refractivity contribution in [2.24, 2.45) is 0 Å². The van der Waals surface area contributed by atoms with Gasteiger partial charge in [-0.3, -0.25) is 14.9 Å². The molecule has 31 heavy (non-hydrogen) atoms. The molecule has 4 aromatic rings. The Morgan fingerprint density at radius 2 is 1.71 bits per heavy atom. The number of aryl methyl sites for hydroxylation is 1. The van der Waals surface area contributed by atoms with E-state index in [9.17, 15) is 19.7 Å². The zero-order chi connectivity index (χ0) is 22.0. The Labute approximate surface area is 175 Å². The smallest absolute Gasteiger partial charge is 0.350 e. The summed E-state index contributed by atoms with van der Waals surface area (Å²) in [5.41, 5.74) is 0.293. The molecular formula is C23H15NO7. The standard InChI is InChI=1S/C23H15NO7/c1-14-6-8-15(9-7-14)30-21-13-29-20-12-16(10-11-18(20)22(21)25)31-23(26)17-4-2-3-5-19(17)24(27)28/h2-13H,1H3. The van der Waals surface area contributed by atoms with E-state index in [-0.39, 0.29) is 33.7 Å². The maximum atomic E-state index is 12.7. The summed E-state index contributed by atoms with van der Waals surface area (Å²) in [6.07, 6.45) is 1.18. The van der Waals surface area contributed by atoms with E-state index in [0.717, 1.165) is 5.56 Å². The number of carbonyl (C=O) groups is 1. The third kappa shape index (κ3) is 4.13. The molecule has 0 N–H and O–H groups in total. The van der Waals surface area contributed by atoms with Gasteiger partial charge < -0.3 is 13.9 Å². The van der Waals surface area contributed by atoms with Gasteiger partial charge in [0.25, 0.3) is 5.69 Å². The van der Waals surface area contributed by atoms with Gasteiger partial charge in [-0.25, -0.2) is 4.79 Å². The average molecular weight is 417 g/mol. The SMILES string of the molecule is Cc1ccc(Oc2coc3cc(OC(=O)c4ccccc4[N+](=O)[O-])ccc3c2=O)cc1. The monoisotopic (exact) mass is 417 g/mol. The number of carbonyl (C=O) groups excluding carboxylic acids is 1. The lowest BCUT2D eigenvalue weighted by Crippen LogP contribution is -2.11. The largest absolute Gasteiger partial charge is 0.460 e. The van der Waals surface area contributed by atoms with E-state index in [1.807, 2.05) is 19.1 Å². The van der Waals surface area contributed by atoms with Gasteiger partial charge >= 0.3 is 5.97 Å². The summed E-state index contributed by atoms with van der Waals surface area (Å²) < 4.78 is 16.3. The van der Waals surface area contributed by atoms with Crippen molar-refractivity contribution in [3.05, 3.63) is 104 Å². The fourth-order valence-electron chi connectivity index (χ4n) is 2.93. The molecule has 0 aliphatic heterocycles. The lowest BCUT2D eigenvalue weighted by Gasteiger charge is -2.08. The van der Waals surface area contributed by atoms with Crippen LogP contribution >= 0.6 is 0 Å². The molecule has 0 saturated carbocycles. The van der Waals surface area contributed by atoms with E-state index in [0.29, 0.717) is 5.75 Å². The first-order chi connectivity index (χ1) is 14.9. The number of benzene rings is 3. The summed E-state index contributed by atoms with van der Waals surface area (Å²) in [6.45, 7) is 1.94. The molecule has 1 aromatic heterocycles. The van der Waals surface area contributed by atoms with Gasteiger partial charge in [0.2, 0.25) is 11.2 Å². The van der Waals surface area contributed by atoms with Crippen LogP contribution in [0.5, 0.6) is 17.2 Å². The van der Waals surface area contributed by atoms with Crippen LogP contribution < -0.4 is 14.9 Å². The van der Waals surface area contributed by atoms with Crippen LogP contribution in [-0.4, -0.2) is 10.9 Å². The molecule has 0 unspecified atom stereocenters. The summed E-state index contributed by atoms with van der Waals surface area (Å²) in [5.74, 6) is -0.312. The van der Waals surface area contributed by atoms with Crippen LogP contribution in [0, 0.1) is 17.0 Å². The van der Waals surface area contributed by atoms with Crippen LogP contribution in [0.1, 0.15) is 15.9 Å². The molecule has 0 fully saturated rings. The summed E-state index contributed by atoms with van der Waals surface area (Å²) in [6, 6.07) is 16.9. The van der Waals surface area contributed by atoms with Gasteiger partial charge in [-0.15, -0.1) is 0 Å². The highest BCUT2D eigenvalue weighted by atomic mass is 16.6. The molecule has 3 aromatic carbocycles.